The van der Waals surface area contributed by atoms with E-state index in [0.29, 0.717) is 27.7 Å². The highest BCUT2D eigenvalue weighted by Crippen LogP contribution is 2.30. The Kier molecular flexibility index (Phi) is 6.94. The lowest BCUT2D eigenvalue weighted by Gasteiger charge is -2.17. The fourth-order valence-corrected chi connectivity index (χ4v) is 4.31. The van der Waals surface area contributed by atoms with Gasteiger partial charge in [0.2, 0.25) is 5.91 Å². The van der Waals surface area contributed by atoms with Crippen LogP contribution in [0.25, 0.3) is 11.0 Å². The van der Waals surface area contributed by atoms with Crippen molar-refractivity contribution in [3.63, 3.8) is 0 Å². The van der Waals surface area contributed by atoms with Crippen LogP contribution < -0.4 is 20.3 Å². The summed E-state index contributed by atoms with van der Waals surface area (Å²) in [4.78, 5) is 33.2. The van der Waals surface area contributed by atoms with Gasteiger partial charge in [0.25, 0.3) is 5.56 Å². The number of aryl methyl sites for hydroxylation is 1. The molecule has 31 heavy (non-hydrogen) atoms. The number of H-pyrrole nitrogens is 1. The minimum Gasteiger partial charge on any atom is -0.493 e. The van der Waals surface area contributed by atoms with Gasteiger partial charge in [-0.3, -0.25) is 14.2 Å². The van der Waals surface area contributed by atoms with Crippen LogP contribution in [0, 0.1) is 6.92 Å². The Labute approximate surface area is 185 Å². The molecule has 2 N–H and O–H groups in total. The van der Waals surface area contributed by atoms with Crippen molar-refractivity contribution in [3.05, 3.63) is 45.9 Å². The lowest BCUT2D eigenvalue weighted by molar-refractivity contribution is -0.119. The van der Waals surface area contributed by atoms with Crippen molar-refractivity contribution in [1.82, 2.24) is 19.9 Å². The van der Waals surface area contributed by atoms with Gasteiger partial charge in [0.1, 0.15) is 5.52 Å². The number of hydrogen-bond acceptors (Lipinski definition) is 6. The zero-order valence-electron chi connectivity index (χ0n) is 18.6. The van der Waals surface area contributed by atoms with Crippen LogP contribution in [0.5, 0.6) is 11.5 Å². The van der Waals surface area contributed by atoms with E-state index in [0.717, 1.165) is 11.3 Å². The van der Waals surface area contributed by atoms with E-state index in [1.165, 1.54) is 11.8 Å². The third kappa shape index (κ3) is 4.87. The predicted molar refractivity (Wildman–Crippen MR) is 122 cm³/mol. The normalized spacial score (nSPS) is 12.2. The largest absolute Gasteiger partial charge is 0.493 e. The van der Waals surface area contributed by atoms with E-state index >= 15 is 0 Å². The Hall–Kier alpha value is -2.94. The second-order valence-electron chi connectivity index (χ2n) is 7.57. The van der Waals surface area contributed by atoms with Gasteiger partial charge in [-0.1, -0.05) is 17.8 Å². The molecule has 0 aliphatic rings. The average Bonchev–Trinajstić information content (AvgIpc) is 3.11. The van der Waals surface area contributed by atoms with E-state index in [4.69, 9.17) is 9.47 Å². The Morgan fingerprint density at radius 2 is 1.90 bits per heavy atom. The Morgan fingerprint density at radius 3 is 2.55 bits per heavy atom. The van der Waals surface area contributed by atoms with Gasteiger partial charge in [-0.2, -0.15) is 0 Å². The molecule has 0 aliphatic carbocycles. The van der Waals surface area contributed by atoms with E-state index in [9.17, 15) is 9.59 Å². The monoisotopic (exact) mass is 444 g/mol. The average molecular weight is 445 g/mol. The standard InChI is InChI=1S/C22H28N4O4S/c1-12(2)26-21(28)20-16(9-13(3)23-20)25-22(26)31-11-19(27)24-14(4)15-7-8-17(29-5)18(10-15)30-6/h7-10,12,14,23H,11H2,1-6H3,(H,24,27)/t14-/m1/s1. The molecule has 1 aromatic carbocycles. The summed E-state index contributed by atoms with van der Waals surface area (Å²) in [5.74, 6) is 1.23. The summed E-state index contributed by atoms with van der Waals surface area (Å²) in [6, 6.07) is 7.08. The van der Waals surface area contributed by atoms with Crippen LogP contribution in [0.15, 0.2) is 34.2 Å². The summed E-state index contributed by atoms with van der Waals surface area (Å²) in [5.41, 5.74) is 2.74. The quantitative estimate of drug-likeness (QED) is 0.407. The molecule has 0 spiro atoms. The molecule has 0 unspecified atom stereocenters. The van der Waals surface area contributed by atoms with Crippen LogP contribution in [-0.4, -0.2) is 40.4 Å². The van der Waals surface area contributed by atoms with Crippen LogP contribution in [0.3, 0.4) is 0 Å². The fraction of sp³-hybridized carbons (Fsp3) is 0.409. The van der Waals surface area contributed by atoms with Crippen LogP contribution in [0.4, 0.5) is 0 Å². The summed E-state index contributed by atoms with van der Waals surface area (Å²) in [6.07, 6.45) is 0. The highest BCUT2D eigenvalue weighted by atomic mass is 32.2. The van der Waals surface area contributed by atoms with Crippen LogP contribution in [-0.2, 0) is 4.79 Å². The number of aromatic nitrogens is 3. The van der Waals surface area contributed by atoms with Gasteiger partial charge in [0.15, 0.2) is 16.7 Å². The summed E-state index contributed by atoms with van der Waals surface area (Å²) >= 11 is 1.25. The number of hydrogen-bond donors (Lipinski definition) is 2. The SMILES string of the molecule is COc1ccc([C@@H](C)NC(=O)CSc2nc3cc(C)[nH]c3c(=O)n2C(C)C)cc1OC. The maximum atomic E-state index is 12.9. The smallest absolute Gasteiger partial charge is 0.278 e. The highest BCUT2D eigenvalue weighted by Gasteiger charge is 2.18. The number of thioether (sulfide) groups is 1. The van der Waals surface area contributed by atoms with Gasteiger partial charge in [-0.05, 0) is 51.5 Å². The zero-order valence-corrected chi connectivity index (χ0v) is 19.4. The topological polar surface area (TPSA) is 98.2 Å². The lowest BCUT2D eigenvalue weighted by Crippen LogP contribution is -2.29. The Bertz CT molecular complexity index is 1150. The molecule has 2 aromatic heterocycles. The lowest BCUT2D eigenvalue weighted by atomic mass is 10.1. The number of carbonyl (C=O) groups is 1. The molecule has 0 fully saturated rings. The molecule has 1 atom stereocenters. The van der Waals surface area contributed by atoms with Crippen molar-refractivity contribution in [1.29, 1.82) is 0 Å². The zero-order chi connectivity index (χ0) is 22.7. The Morgan fingerprint density at radius 1 is 1.19 bits per heavy atom. The van der Waals surface area contributed by atoms with Crippen molar-refractivity contribution >= 4 is 28.7 Å². The van der Waals surface area contributed by atoms with E-state index in [2.05, 4.69) is 15.3 Å². The summed E-state index contributed by atoms with van der Waals surface area (Å²) in [6.45, 7) is 7.64. The van der Waals surface area contributed by atoms with Gasteiger partial charge >= 0.3 is 0 Å². The maximum absolute atomic E-state index is 12.9. The number of nitrogens with one attached hydrogen (secondary N) is 2. The van der Waals surface area contributed by atoms with Crippen LogP contribution in [0.1, 0.15) is 44.1 Å². The summed E-state index contributed by atoms with van der Waals surface area (Å²) in [5, 5.41) is 3.51. The minimum atomic E-state index is -0.219. The minimum absolute atomic E-state index is 0.0794. The number of benzene rings is 1. The third-order valence-electron chi connectivity index (χ3n) is 4.92. The van der Waals surface area contributed by atoms with Gasteiger partial charge in [-0.15, -0.1) is 0 Å². The number of carbonyl (C=O) groups excluding carboxylic acids is 1. The van der Waals surface area contributed by atoms with Crippen molar-refractivity contribution in [2.45, 2.75) is 44.9 Å². The molecule has 3 aromatic rings. The summed E-state index contributed by atoms with van der Waals surface area (Å²) in [7, 11) is 3.16. The first kappa shape index (κ1) is 22.7. The number of nitrogens with zero attached hydrogens (tertiary/aromatic N) is 2. The second-order valence-corrected chi connectivity index (χ2v) is 8.51. The highest BCUT2D eigenvalue weighted by molar-refractivity contribution is 7.99. The Balaban J connectivity index is 1.74. The first-order valence-electron chi connectivity index (χ1n) is 10.0. The molecular weight excluding hydrogens is 416 g/mol. The molecule has 2 heterocycles. The molecule has 9 heteroatoms. The van der Waals surface area contributed by atoms with Crippen molar-refractivity contribution < 1.29 is 14.3 Å². The van der Waals surface area contributed by atoms with Crippen molar-refractivity contribution in [3.8, 4) is 11.5 Å². The molecule has 1 amide bonds. The molecule has 0 radical (unpaired) electrons. The van der Waals surface area contributed by atoms with Crippen molar-refractivity contribution in [2.75, 3.05) is 20.0 Å². The molecule has 0 aliphatic heterocycles. The number of ether oxygens (including phenoxy) is 2. The van der Waals surface area contributed by atoms with Gasteiger partial charge < -0.3 is 19.8 Å². The first-order valence-corrected chi connectivity index (χ1v) is 11.0. The van der Waals surface area contributed by atoms with E-state index in [1.54, 1.807) is 18.8 Å². The molecule has 0 saturated heterocycles. The number of rotatable bonds is 8. The maximum Gasteiger partial charge on any atom is 0.278 e. The van der Waals surface area contributed by atoms with Gasteiger partial charge in [0, 0.05) is 11.7 Å². The predicted octanol–water partition coefficient (Wildman–Crippen LogP) is 3.60. The number of fused-ring (bicyclic) bond motifs is 1. The van der Waals surface area contributed by atoms with E-state index in [1.807, 2.05) is 52.0 Å². The van der Waals surface area contributed by atoms with Gasteiger partial charge in [-0.25, -0.2) is 4.98 Å². The van der Waals surface area contributed by atoms with E-state index in [-0.39, 0.29) is 29.3 Å². The van der Waals surface area contributed by atoms with Gasteiger partial charge in [0.05, 0.1) is 31.5 Å². The summed E-state index contributed by atoms with van der Waals surface area (Å²) < 4.78 is 12.2. The second kappa shape index (κ2) is 9.47. The molecule has 0 saturated carbocycles. The fourth-order valence-electron chi connectivity index (χ4n) is 3.37. The van der Waals surface area contributed by atoms with E-state index < -0.39 is 0 Å². The number of aromatic amines is 1. The van der Waals surface area contributed by atoms with Crippen LogP contribution in [0.2, 0.25) is 0 Å². The molecule has 3 rings (SSSR count). The number of methoxy groups -OCH3 is 2. The number of amides is 1. The van der Waals surface area contributed by atoms with Crippen LogP contribution >= 0.6 is 11.8 Å². The first-order chi connectivity index (χ1) is 14.7. The third-order valence-corrected chi connectivity index (χ3v) is 5.87. The molecular formula is C22H28N4O4S. The molecule has 166 valence electrons. The molecule has 8 nitrogen and oxygen atoms in total. The van der Waals surface area contributed by atoms with Crippen molar-refractivity contribution in [2.24, 2.45) is 0 Å². The molecule has 0 bridgehead atoms.